The highest BCUT2D eigenvalue weighted by molar-refractivity contribution is 7.99. The monoisotopic (exact) mass is 309 g/mol. The van der Waals surface area contributed by atoms with E-state index in [1.54, 1.807) is 6.92 Å². The summed E-state index contributed by atoms with van der Waals surface area (Å²) in [5.41, 5.74) is 1.15. The van der Waals surface area contributed by atoms with E-state index < -0.39 is 12.0 Å². The summed E-state index contributed by atoms with van der Waals surface area (Å²) >= 11 is 1.51. The lowest BCUT2D eigenvalue weighted by molar-refractivity contribution is -0.142. The molecule has 4 nitrogen and oxygen atoms in total. The number of carboxylic acid groups (broad SMARTS) is 1. The van der Waals surface area contributed by atoms with Crippen molar-refractivity contribution in [1.82, 2.24) is 5.32 Å². The van der Waals surface area contributed by atoms with Crippen molar-refractivity contribution < 1.29 is 14.7 Å². The minimum atomic E-state index is -0.975. The maximum Gasteiger partial charge on any atom is 0.326 e. The molecule has 116 valence electrons. The molecular formula is C16H23NO3S. The zero-order valence-corrected chi connectivity index (χ0v) is 13.5. The predicted molar refractivity (Wildman–Crippen MR) is 86.2 cm³/mol. The average Bonchev–Trinajstić information content (AvgIpc) is 2.44. The quantitative estimate of drug-likeness (QED) is 0.775. The predicted octanol–water partition coefficient (Wildman–Crippen LogP) is 2.92. The summed E-state index contributed by atoms with van der Waals surface area (Å²) in [6.07, 6.45) is 0.442. The van der Waals surface area contributed by atoms with Crippen LogP contribution in [0.15, 0.2) is 30.3 Å². The highest BCUT2D eigenvalue weighted by Gasteiger charge is 2.23. The first kappa shape index (κ1) is 17.6. The molecule has 0 saturated heterocycles. The van der Waals surface area contributed by atoms with Gasteiger partial charge in [-0.2, -0.15) is 0 Å². The topological polar surface area (TPSA) is 66.4 Å². The van der Waals surface area contributed by atoms with E-state index in [-0.39, 0.29) is 17.1 Å². The highest BCUT2D eigenvalue weighted by Crippen LogP contribution is 2.18. The largest absolute Gasteiger partial charge is 0.480 e. The third-order valence-corrected chi connectivity index (χ3v) is 4.25. The van der Waals surface area contributed by atoms with Crippen molar-refractivity contribution in [2.24, 2.45) is 5.92 Å². The second kappa shape index (κ2) is 8.72. The van der Waals surface area contributed by atoms with Gasteiger partial charge in [0.15, 0.2) is 0 Å². The smallest absolute Gasteiger partial charge is 0.326 e. The summed E-state index contributed by atoms with van der Waals surface area (Å²) < 4.78 is 0. The van der Waals surface area contributed by atoms with Crippen LogP contribution in [0, 0.1) is 5.92 Å². The average molecular weight is 309 g/mol. The van der Waals surface area contributed by atoms with Gasteiger partial charge in [0, 0.05) is 5.75 Å². The van der Waals surface area contributed by atoms with E-state index in [4.69, 9.17) is 5.11 Å². The van der Waals surface area contributed by atoms with E-state index >= 15 is 0 Å². The second-order valence-corrected chi connectivity index (χ2v) is 6.80. The van der Waals surface area contributed by atoms with Gasteiger partial charge < -0.3 is 10.4 Å². The minimum Gasteiger partial charge on any atom is -0.480 e. The molecule has 0 aliphatic carbocycles. The van der Waals surface area contributed by atoms with E-state index in [1.807, 2.05) is 44.2 Å². The number of nitrogens with one attached hydrogen (secondary N) is 1. The summed E-state index contributed by atoms with van der Waals surface area (Å²) in [5.74, 6) is -0.239. The first-order chi connectivity index (χ1) is 9.90. The minimum absolute atomic E-state index is 0.219. The summed E-state index contributed by atoms with van der Waals surface area (Å²) in [6, 6.07) is 9.09. The Kier molecular flexibility index (Phi) is 7.29. The van der Waals surface area contributed by atoms with Crippen LogP contribution in [0.3, 0.4) is 0 Å². The Hall–Kier alpha value is -1.49. The van der Waals surface area contributed by atoms with Crippen LogP contribution >= 0.6 is 11.8 Å². The summed E-state index contributed by atoms with van der Waals surface area (Å²) in [4.78, 5) is 23.2. The highest BCUT2D eigenvalue weighted by atomic mass is 32.2. The molecule has 1 unspecified atom stereocenters. The molecule has 0 spiro atoms. The van der Waals surface area contributed by atoms with Gasteiger partial charge in [-0.15, -0.1) is 11.8 Å². The van der Waals surface area contributed by atoms with Crippen LogP contribution in [0.1, 0.15) is 32.8 Å². The summed E-state index contributed by atoms with van der Waals surface area (Å²) in [6.45, 7) is 5.68. The van der Waals surface area contributed by atoms with E-state index in [1.165, 1.54) is 11.8 Å². The van der Waals surface area contributed by atoms with Gasteiger partial charge >= 0.3 is 5.97 Å². The Labute approximate surface area is 130 Å². The molecule has 5 heteroatoms. The van der Waals surface area contributed by atoms with E-state index in [0.29, 0.717) is 6.42 Å². The van der Waals surface area contributed by atoms with Gasteiger partial charge in [-0.25, -0.2) is 4.79 Å². The second-order valence-electron chi connectivity index (χ2n) is 5.47. The van der Waals surface area contributed by atoms with Crippen LogP contribution in [-0.2, 0) is 15.3 Å². The molecule has 0 aromatic heterocycles. The number of benzene rings is 1. The number of amides is 1. The van der Waals surface area contributed by atoms with Crippen molar-refractivity contribution in [1.29, 1.82) is 0 Å². The van der Waals surface area contributed by atoms with Crippen molar-refractivity contribution in [3.8, 4) is 0 Å². The molecule has 1 amide bonds. The Bertz CT molecular complexity index is 462. The van der Waals surface area contributed by atoms with Crippen LogP contribution in [0.2, 0.25) is 0 Å². The number of aliphatic carboxylic acids is 1. The van der Waals surface area contributed by atoms with E-state index in [0.717, 1.165) is 11.3 Å². The van der Waals surface area contributed by atoms with Crippen molar-refractivity contribution >= 4 is 23.6 Å². The zero-order chi connectivity index (χ0) is 15.8. The molecule has 1 aromatic rings. The van der Waals surface area contributed by atoms with Crippen LogP contribution in [0.5, 0.6) is 0 Å². The molecule has 0 aliphatic rings. The summed E-state index contributed by atoms with van der Waals surface area (Å²) in [7, 11) is 0. The van der Waals surface area contributed by atoms with Gasteiger partial charge in [0.05, 0.1) is 5.25 Å². The lowest BCUT2D eigenvalue weighted by atomic mass is 10.0. The van der Waals surface area contributed by atoms with Gasteiger partial charge in [-0.1, -0.05) is 44.2 Å². The van der Waals surface area contributed by atoms with Crippen LogP contribution in [0.4, 0.5) is 0 Å². The van der Waals surface area contributed by atoms with E-state index in [9.17, 15) is 9.59 Å². The lowest BCUT2D eigenvalue weighted by Gasteiger charge is -2.19. The lowest BCUT2D eigenvalue weighted by Crippen LogP contribution is -2.44. The number of thioether (sulfide) groups is 1. The zero-order valence-electron chi connectivity index (χ0n) is 12.7. The van der Waals surface area contributed by atoms with Gasteiger partial charge in [0.25, 0.3) is 0 Å². The molecule has 0 saturated carbocycles. The maximum atomic E-state index is 12.1. The standard InChI is InChI=1S/C16H23NO3S/c1-11(2)9-14(16(19)20)17-15(18)12(3)21-10-13-7-5-4-6-8-13/h4-8,11-12,14H,9-10H2,1-3H3,(H,17,18)(H,19,20)/t12?,14-/m0/s1. The number of carbonyl (C=O) groups is 2. The van der Waals surface area contributed by atoms with Crippen molar-refractivity contribution in [3.63, 3.8) is 0 Å². The fraction of sp³-hybridized carbons (Fsp3) is 0.500. The molecule has 0 heterocycles. The van der Waals surface area contributed by atoms with Crippen molar-refractivity contribution in [2.45, 2.75) is 44.2 Å². The van der Waals surface area contributed by atoms with Gasteiger partial charge in [0.1, 0.15) is 6.04 Å². The number of carboxylic acids is 1. The molecule has 1 aromatic carbocycles. The Balaban J connectivity index is 2.47. The molecular weight excluding hydrogens is 286 g/mol. The van der Waals surface area contributed by atoms with Crippen molar-refractivity contribution in [3.05, 3.63) is 35.9 Å². The van der Waals surface area contributed by atoms with Gasteiger partial charge in [-0.3, -0.25) is 4.79 Å². The first-order valence-electron chi connectivity index (χ1n) is 7.09. The Morgan fingerprint density at radius 2 is 1.81 bits per heavy atom. The number of hydrogen-bond donors (Lipinski definition) is 2. The van der Waals surface area contributed by atoms with Crippen molar-refractivity contribution in [2.75, 3.05) is 0 Å². The fourth-order valence-electron chi connectivity index (χ4n) is 1.85. The molecule has 2 atom stereocenters. The molecule has 0 fully saturated rings. The maximum absolute atomic E-state index is 12.1. The third-order valence-electron chi connectivity index (χ3n) is 3.03. The Morgan fingerprint density at radius 1 is 1.19 bits per heavy atom. The number of rotatable bonds is 8. The first-order valence-corrected chi connectivity index (χ1v) is 8.13. The third kappa shape index (κ3) is 6.67. The van der Waals surface area contributed by atoms with Gasteiger partial charge in [0.2, 0.25) is 5.91 Å². The SMILES string of the molecule is CC(C)C[C@H](NC(=O)C(C)SCc1ccccc1)C(=O)O. The van der Waals surface area contributed by atoms with Crippen LogP contribution in [0.25, 0.3) is 0 Å². The van der Waals surface area contributed by atoms with E-state index in [2.05, 4.69) is 5.32 Å². The molecule has 21 heavy (non-hydrogen) atoms. The molecule has 1 rings (SSSR count). The Morgan fingerprint density at radius 3 is 2.33 bits per heavy atom. The number of hydrogen-bond acceptors (Lipinski definition) is 3. The fourth-order valence-corrected chi connectivity index (χ4v) is 2.71. The number of carbonyl (C=O) groups excluding carboxylic acids is 1. The van der Waals surface area contributed by atoms with Crippen LogP contribution in [-0.4, -0.2) is 28.3 Å². The molecule has 0 aliphatic heterocycles. The molecule has 0 bridgehead atoms. The normalized spacial score (nSPS) is 13.7. The van der Waals surface area contributed by atoms with Gasteiger partial charge in [-0.05, 0) is 24.8 Å². The summed E-state index contributed by atoms with van der Waals surface area (Å²) in [5, 5.41) is 11.5. The molecule has 2 N–H and O–H groups in total. The van der Waals surface area contributed by atoms with Crippen LogP contribution < -0.4 is 5.32 Å². The molecule has 0 radical (unpaired) electrons.